The second kappa shape index (κ2) is 10.2. The Labute approximate surface area is 167 Å². The maximum absolute atomic E-state index is 12.6. The summed E-state index contributed by atoms with van der Waals surface area (Å²) in [6.45, 7) is 5.79. The van der Waals surface area contributed by atoms with Gasteiger partial charge < -0.3 is 14.6 Å². The van der Waals surface area contributed by atoms with Crippen molar-refractivity contribution in [2.45, 2.75) is 46.1 Å². The normalized spacial score (nSPS) is 21.0. The molecular formula is C23H30O5. The van der Waals surface area contributed by atoms with Crippen LogP contribution < -0.4 is 0 Å². The molecule has 0 unspecified atom stereocenters. The maximum Gasteiger partial charge on any atom is 0.323 e. The minimum atomic E-state index is -1.29. The molecule has 1 aromatic carbocycles. The Morgan fingerprint density at radius 1 is 1.18 bits per heavy atom. The summed E-state index contributed by atoms with van der Waals surface area (Å²) in [4.78, 5) is 25.3. The van der Waals surface area contributed by atoms with Gasteiger partial charge in [0.25, 0.3) is 0 Å². The number of benzene rings is 1. The highest BCUT2D eigenvalue weighted by Gasteiger charge is 2.55. The molecule has 5 heteroatoms. The number of carbonyl (C=O) groups excluding carboxylic acids is 2. The van der Waals surface area contributed by atoms with Crippen LogP contribution in [0.3, 0.4) is 0 Å². The van der Waals surface area contributed by atoms with Crippen LogP contribution in [0, 0.1) is 11.3 Å². The second-order valence-corrected chi connectivity index (χ2v) is 6.96. The summed E-state index contributed by atoms with van der Waals surface area (Å²) in [5.41, 5.74) is 0.574. The zero-order chi connectivity index (χ0) is 20.6. The molecule has 0 radical (unpaired) electrons. The van der Waals surface area contributed by atoms with Gasteiger partial charge in [-0.2, -0.15) is 0 Å². The molecule has 1 aliphatic rings. The largest absolute Gasteiger partial charge is 0.465 e. The molecule has 0 heterocycles. The molecule has 0 saturated heterocycles. The van der Waals surface area contributed by atoms with Crippen molar-refractivity contribution >= 4 is 11.9 Å². The molecule has 1 fully saturated rings. The quantitative estimate of drug-likeness (QED) is 0.413. The Bertz CT molecular complexity index is 702. The van der Waals surface area contributed by atoms with Gasteiger partial charge in [0, 0.05) is 0 Å². The summed E-state index contributed by atoms with van der Waals surface area (Å²) in [5.74, 6) is -1.11. The lowest BCUT2D eigenvalue weighted by molar-refractivity contribution is -0.171. The first-order chi connectivity index (χ1) is 13.5. The van der Waals surface area contributed by atoms with Crippen LogP contribution in [0.5, 0.6) is 0 Å². The third-order valence-electron chi connectivity index (χ3n) is 5.17. The van der Waals surface area contributed by atoms with Gasteiger partial charge in [-0.15, -0.1) is 0 Å². The van der Waals surface area contributed by atoms with E-state index < -0.39 is 23.5 Å². The number of ether oxygens (including phenoxy) is 2. The Hall–Kier alpha value is -2.40. The molecule has 1 aliphatic carbocycles. The van der Waals surface area contributed by atoms with Crippen LogP contribution >= 0.6 is 0 Å². The SMILES string of the molecule is C/C=C1/CC(C(=O)OCC)(C(=O)OCC)C[C@H]1/C=C/C[C@H](O)c1ccccc1. The number of esters is 2. The van der Waals surface area contributed by atoms with Crippen molar-refractivity contribution < 1.29 is 24.2 Å². The molecule has 0 bridgehead atoms. The number of aliphatic hydroxyl groups excluding tert-OH is 1. The van der Waals surface area contributed by atoms with E-state index >= 15 is 0 Å². The average Bonchev–Trinajstić information content (AvgIpc) is 3.09. The monoisotopic (exact) mass is 386 g/mol. The first-order valence-electron chi connectivity index (χ1n) is 9.87. The number of allylic oxidation sites excluding steroid dienone is 3. The molecule has 1 aromatic rings. The zero-order valence-electron chi connectivity index (χ0n) is 16.9. The first kappa shape index (κ1) is 21.9. The molecule has 1 saturated carbocycles. The fourth-order valence-corrected chi connectivity index (χ4v) is 3.68. The van der Waals surface area contributed by atoms with E-state index in [1.165, 1.54) is 0 Å². The Morgan fingerprint density at radius 3 is 2.32 bits per heavy atom. The Balaban J connectivity index is 2.16. The van der Waals surface area contributed by atoms with Crippen molar-refractivity contribution in [1.82, 2.24) is 0 Å². The second-order valence-electron chi connectivity index (χ2n) is 6.96. The molecule has 2 rings (SSSR count). The van der Waals surface area contributed by atoms with Crippen molar-refractivity contribution in [3.63, 3.8) is 0 Å². The number of rotatable bonds is 8. The van der Waals surface area contributed by atoms with Gasteiger partial charge in [-0.05, 0) is 51.5 Å². The fraction of sp³-hybridized carbons (Fsp3) is 0.478. The van der Waals surface area contributed by atoms with Crippen LogP contribution in [0.4, 0.5) is 0 Å². The van der Waals surface area contributed by atoms with Crippen LogP contribution in [0.2, 0.25) is 0 Å². The number of hydrogen-bond donors (Lipinski definition) is 1. The van der Waals surface area contributed by atoms with Crippen LogP contribution in [0.15, 0.2) is 54.1 Å². The lowest BCUT2D eigenvalue weighted by Crippen LogP contribution is -2.40. The lowest BCUT2D eigenvalue weighted by atomic mass is 9.85. The molecule has 5 nitrogen and oxygen atoms in total. The number of aliphatic hydroxyl groups is 1. The number of hydrogen-bond acceptors (Lipinski definition) is 5. The molecule has 1 N–H and O–H groups in total. The first-order valence-corrected chi connectivity index (χ1v) is 9.87. The van der Waals surface area contributed by atoms with E-state index in [0.29, 0.717) is 19.3 Å². The van der Waals surface area contributed by atoms with E-state index in [1.807, 2.05) is 55.5 Å². The van der Waals surface area contributed by atoms with Gasteiger partial charge in [-0.3, -0.25) is 9.59 Å². The third kappa shape index (κ3) is 4.90. The molecule has 0 aromatic heterocycles. The van der Waals surface area contributed by atoms with E-state index in [4.69, 9.17) is 9.47 Å². The van der Waals surface area contributed by atoms with Crippen molar-refractivity contribution in [2.24, 2.45) is 11.3 Å². The molecule has 0 aliphatic heterocycles. The Kier molecular flexibility index (Phi) is 8.00. The summed E-state index contributed by atoms with van der Waals surface area (Å²) < 4.78 is 10.4. The summed E-state index contributed by atoms with van der Waals surface area (Å²) in [7, 11) is 0. The predicted octanol–water partition coefficient (Wildman–Crippen LogP) is 4.14. The zero-order valence-corrected chi connectivity index (χ0v) is 16.9. The van der Waals surface area contributed by atoms with Crippen molar-refractivity contribution in [2.75, 3.05) is 13.2 Å². The molecule has 0 amide bonds. The Morgan fingerprint density at radius 2 is 1.79 bits per heavy atom. The van der Waals surface area contributed by atoms with Gasteiger partial charge in [-0.25, -0.2) is 0 Å². The molecular weight excluding hydrogens is 356 g/mol. The summed E-state index contributed by atoms with van der Waals surface area (Å²) in [5, 5.41) is 10.3. The highest BCUT2D eigenvalue weighted by molar-refractivity contribution is 6.01. The van der Waals surface area contributed by atoms with E-state index in [1.54, 1.807) is 13.8 Å². The predicted molar refractivity (Wildman–Crippen MR) is 107 cm³/mol. The van der Waals surface area contributed by atoms with Crippen LogP contribution in [0.25, 0.3) is 0 Å². The van der Waals surface area contributed by atoms with Crippen molar-refractivity contribution in [3.05, 3.63) is 59.7 Å². The van der Waals surface area contributed by atoms with Crippen LogP contribution in [0.1, 0.15) is 51.7 Å². The topological polar surface area (TPSA) is 72.8 Å². The van der Waals surface area contributed by atoms with E-state index in [2.05, 4.69) is 0 Å². The molecule has 152 valence electrons. The van der Waals surface area contributed by atoms with Crippen LogP contribution in [-0.4, -0.2) is 30.3 Å². The van der Waals surface area contributed by atoms with Crippen molar-refractivity contribution in [1.29, 1.82) is 0 Å². The summed E-state index contributed by atoms with van der Waals surface area (Å²) in [6.07, 6.45) is 6.33. The summed E-state index contributed by atoms with van der Waals surface area (Å²) >= 11 is 0. The van der Waals surface area contributed by atoms with Gasteiger partial charge in [0.05, 0.1) is 19.3 Å². The van der Waals surface area contributed by atoms with E-state index in [0.717, 1.165) is 11.1 Å². The van der Waals surface area contributed by atoms with Crippen LogP contribution in [-0.2, 0) is 19.1 Å². The van der Waals surface area contributed by atoms with Gasteiger partial charge in [-0.1, -0.05) is 54.1 Å². The minimum Gasteiger partial charge on any atom is -0.465 e. The highest BCUT2D eigenvalue weighted by atomic mass is 16.6. The standard InChI is InChI=1S/C23H30O5/c1-4-17-15-23(21(25)27-5-2,22(26)28-6-3)16-19(17)13-10-14-20(24)18-11-8-7-9-12-18/h4,7-13,19-20,24H,5-6,14-16H2,1-3H3/b13-10+,17-4-/t19-,20+/m1/s1. The lowest BCUT2D eigenvalue weighted by Gasteiger charge is -2.24. The van der Waals surface area contributed by atoms with E-state index in [9.17, 15) is 14.7 Å². The highest BCUT2D eigenvalue weighted by Crippen LogP contribution is 2.48. The minimum absolute atomic E-state index is 0.0678. The van der Waals surface area contributed by atoms with E-state index in [-0.39, 0.29) is 19.1 Å². The molecule has 28 heavy (non-hydrogen) atoms. The fourth-order valence-electron chi connectivity index (χ4n) is 3.68. The summed E-state index contributed by atoms with van der Waals surface area (Å²) in [6, 6.07) is 9.47. The average molecular weight is 386 g/mol. The molecule has 2 atom stereocenters. The van der Waals surface area contributed by atoms with Gasteiger partial charge in [0.1, 0.15) is 0 Å². The number of carbonyl (C=O) groups is 2. The third-order valence-corrected chi connectivity index (χ3v) is 5.17. The van der Waals surface area contributed by atoms with Crippen molar-refractivity contribution in [3.8, 4) is 0 Å². The maximum atomic E-state index is 12.6. The van der Waals surface area contributed by atoms with Gasteiger partial charge >= 0.3 is 11.9 Å². The smallest absolute Gasteiger partial charge is 0.323 e. The molecule has 0 spiro atoms. The van der Waals surface area contributed by atoms with Gasteiger partial charge in [0.2, 0.25) is 0 Å². The van der Waals surface area contributed by atoms with Gasteiger partial charge in [0.15, 0.2) is 5.41 Å².